The van der Waals surface area contributed by atoms with Crippen LogP contribution in [0.1, 0.15) is 21.1 Å². The predicted octanol–water partition coefficient (Wildman–Crippen LogP) is 4.37. The van der Waals surface area contributed by atoms with Crippen molar-refractivity contribution in [3.05, 3.63) is 75.6 Å². The van der Waals surface area contributed by atoms with Crippen LogP contribution < -0.4 is 0 Å². The van der Waals surface area contributed by atoms with Crippen LogP contribution in [0.25, 0.3) is 22.6 Å². The van der Waals surface area contributed by atoms with Crippen molar-refractivity contribution in [2.75, 3.05) is 0 Å². The molecule has 0 bridgehead atoms. The molecule has 0 atom stereocenters. The number of hydrogen-bond acceptors (Lipinski definition) is 5. The van der Waals surface area contributed by atoms with Crippen LogP contribution in [0, 0.1) is 19.7 Å². The smallest absolute Gasteiger partial charge is 0.245 e. The van der Waals surface area contributed by atoms with Crippen molar-refractivity contribution in [1.29, 1.82) is 0 Å². The summed E-state index contributed by atoms with van der Waals surface area (Å²) >= 11 is 1.64. The molecule has 0 aliphatic carbocycles. The number of fused-ring (bicyclic) bond motifs is 1. The Bertz CT molecular complexity index is 1260. The fourth-order valence-electron chi connectivity index (χ4n) is 3.76. The fourth-order valence-corrected chi connectivity index (χ4v) is 4.72. The Morgan fingerprint density at radius 1 is 1.13 bits per heavy atom. The molecule has 0 N–H and O–H groups in total. The summed E-state index contributed by atoms with van der Waals surface area (Å²) in [7, 11) is 0. The second-order valence-corrected chi connectivity index (χ2v) is 8.90. The number of carbonyl (C=O) groups excluding carboxylic acids is 1. The summed E-state index contributed by atoms with van der Waals surface area (Å²) in [6.45, 7) is 4.91. The van der Waals surface area contributed by atoms with E-state index in [-0.39, 0.29) is 18.3 Å². The van der Waals surface area contributed by atoms with Crippen LogP contribution in [0.3, 0.4) is 0 Å². The highest BCUT2D eigenvalue weighted by Gasteiger charge is 2.27. The highest BCUT2D eigenvalue weighted by atomic mass is 32.1. The summed E-state index contributed by atoms with van der Waals surface area (Å²) in [5.74, 6) is -0.370. The van der Waals surface area contributed by atoms with Crippen LogP contribution in [-0.2, 0) is 24.4 Å². The Labute approximate surface area is 183 Å². The van der Waals surface area contributed by atoms with Crippen LogP contribution in [0.5, 0.6) is 0 Å². The van der Waals surface area contributed by atoms with E-state index in [0.29, 0.717) is 30.0 Å². The molecule has 31 heavy (non-hydrogen) atoms. The number of amides is 1. The fraction of sp³-hybridized carbons (Fsp3) is 0.217. The second-order valence-electron chi connectivity index (χ2n) is 7.61. The molecule has 5 rings (SSSR count). The summed E-state index contributed by atoms with van der Waals surface area (Å²) in [6.07, 6.45) is 1.20. The number of thiazole rings is 1. The molecule has 1 amide bonds. The number of halogens is 1. The van der Waals surface area contributed by atoms with Gasteiger partial charge in [-0.1, -0.05) is 30.3 Å². The van der Waals surface area contributed by atoms with Crippen molar-refractivity contribution in [2.45, 2.75) is 33.5 Å². The van der Waals surface area contributed by atoms with Crippen molar-refractivity contribution < 1.29 is 9.18 Å². The number of aromatic nitrogens is 4. The van der Waals surface area contributed by atoms with Gasteiger partial charge in [-0.15, -0.1) is 11.3 Å². The molecule has 0 radical (unpaired) electrons. The maximum absolute atomic E-state index is 13.7. The number of benzene rings is 1. The van der Waals surface area contributed by atoms with Gasteiger partial charge in [0.15, 0.2) is 0 Å². The minimum Gasteiger partial charge on any atom is -0.330 e. The number of aryl methyl sites for hydroxylation is 2. The van der Waals surface area contributed by atoms with Gasteiger partial charge in [-0.05, 0) is 37.1 Å². The van der Waals surface area contributed by atoms with Crippen LogP contribution in [0.15, 0.2) is 48.7 Å². The van der Waals surface area contributed by atoms with Crippen LogP contribution in [-0.4, -0.2) is 30.6 Å². The van der Waals surface area contributed by atoms with Gasteiger partial charge in [0.05, 0.1) is 41.4 Å². The molecule has 0 spiro atoms. The molecule has 4 heterocycles. The molecule has 1 aliphatic heterocycles. The Kier molecular flexibility index (Phi) is 4.86. The van der Waals surface area contributed by atoms with Gasteiger partial charge in [0.2, 0.25) is 5.91 Å². The van der Waals surface area contributed by atoms with Crippen molar-refractivity contribution in [3.63, 3.8) is 0 Å². The van der Waals surface area contributed by atoms with Crippen LogP contribution in [0.4, 0.5) is 4.39 Å². The van der Waals surface area contributed by atoms with Crippen molar-refractivity contribution in [1.82, 2.24) is 24.6 Å². The summed E-state index contributed by atoms with van der Waals surface area (Å²) in [6, 6.07) is 13.4. The van der Waals surface area contributed by atoms with Crippen LogP contribution in [0.2, 0.25) is 0 Å². The molecule has 0 fully saturated rings. The van der Waals surface area contributed by atoms with E-state index in [1.807, 2.05) is 48.2 Å². The zero-order valence-electron chi connectivity index (χ0n) is 17.2. The summed E-state index contributed by atoms with van der Waals surface area (Å²) < 4.78 is 15.4. The van der Waals surface area contributed by atoms with Gasteiger partial charge >= 0.3 is 0 Å². The molecular weight excluding hydrogens is 413 g/mol. The van der Waals surface area contributed by atoms with Gasteiger partial charge in [-0.25, -0.2) is 9.37 Å². The van der Waals surface area contributed by atoms with Gasteiger partial charge in [0.1, 0.15) is 18.1 Å². The Balaban J connectivity index is 1.46. The highest BCUT2D eigenvalue weighted by Crippen LogP contribution is 2.29. The van der Waals surface area contributed by atoms with E-state index >= 15 is 0 Å². The van der Waals surface area contributed by atoms with Gasteiger partial charge in [-0.3, -0.25) is 14.5 Å². The molecule has 1 aromatic carbocycles. The van der Waals surface area contributed by atoms with E-state index in [2.05, 4.69) is 15.1 Å². The monoisotopic (exact) mass is 433 g/mol. The molecule has 0 saturated carbocycles. The molecule has 0 unspecified atom stereocenters. The predicted molar refractivity (Wildman–Crippen MR) is 117 cm³/mol. The summed E-state index contributed by atoms with van der Waals surface area (Å²) in [4.78, 5) is 24.7. The molecule has 0 saturated heterocycles. The third-order valence-electron chi connectivity index (χ3n) is 5.36. The molecule has 8 heteroatoms. The van der Waals surface area contributed by atoms with Crippen molar-refractivity contribution >= 4 is 17.2 Å². The third-order valence-corrected chi connectivity index (χ3v) is 6.35. The quantitative estimate of drug-likeness (QED) is 0.480. The average molecular weight is 434 g/mol. The average Bonchev–Trinajstić information content (AvgIpc) is 3.43. The number of pyridine rings is 1. The molecule has 3 aromatic heterocycles. The highest BCUT2D eigenvalue weighted by molar-refractivity contribution is 7.11. The topological polar surface area (TPSA) is 63.9 Å². The van der Waals surface area contributed by atoms with Gasteiger partial charge in [0, 0.05) is 4.88 Å². The molecule has 6 nitrogen and oxygen atoms in total. The van der Waals surface area contributed by atoms with E-state index in [1.54, 1.807) is 29.0 Å². The second kappa shape index (κ2) is 7.70. The lowest BCUT2D eigenvalue weighted by molar-refractivity contribution is -0.132. The first kappa shape index (κ1) is 19.6. The summed E-state index contributed by atoms with van der Waals surface area (Å²) in [5, 5.41) is 5.69. The zero-order valence-corrected chi connectivity index (χ0v) is 18.0. The maximum atomic E-state index is 13.7. The number of carbonyl (C=O) groups is 1. The van der Waals surface area contributed by atoms with E-state index in [9.17, 15) is 9.18 Å². The first-order chi connectivity index (χ1) is 15.0. The first-order valence-electron chi connectivity index (χ1n) is 9.96. The summed E-state index contributed by atoms with van der Waals surface area (Å²) in [5.41, 5.74) is 4.44. The van der Waals surface area contributed by atoms with Gasteiger partial charge in [0.25, 0.3) is 0 Å². The Morgan fingerprint density at radius 3 is 2.68 bits per heavy atom. The Hall–Kier alpha value is -3.39. The molecule has 1 aliphatic rings. The normalized spacial score (nSPS) is 12.9. The SMILES string of the molecule is Cc1nc2c(s1)CN(C(=O)Cn1nc(-c3cc(C)c(F)cn3)cc1-c1ccccc1)C2. The van der Waals surface area contributed by atoms with E-state index in [1.165, 1.54) is 6.20 Å². The zero-order chi connectivity index (χ0) is 21.5. The van der Waals surface area contributed by atoms with E-state index in [4.69, 9.17) is 0 Å². The first-order valence-corrected chi connectivity index (χ1v) is 10.8. The number of nitrogens with zero attached hydrogens (tertiary/aromatic N) is 5. The maximum Gasteiger partial charge on any atom is 0.245 e. The lowest BCUT2D eigenvalue weighted by Gasteiger charge is -2.16. The molecule has 4 aromatic rings. The Morgan fingerprint density at radius 2 is 1.94 bits per heavy atom. The standard InChI is InChI=1S/C23H20FN5OS/c1-14-8-18(25-10-17(14)24)19-9-21(16-6-4-3-5-7-16)29(27-19)13-23(30)28-11-20-22(12-28)31-15(2)26-20/h3-10H,11-13H2,1-2H3. The van der Waals surface area contributed by atoms with Crippen molar-refractivity contribution in [2.24, 2.45) is 0 Å². The lowest BCUT2D eigenvalue weighted by Crippen LogP contribution is -2.30. The van der Waals surface area contributed by atoms with Crippen LogP contribution >= 0.6 is 11.3 Å². The lowest BCUT2D eigenvalue weighted by atomic mass is 10.1. The van der Waals surface area contributed by atoms with Gasteiger partial charge in [-0.2, -0.15) is 5.10 Å². The number of rotatable bonds is 4. The molecular formula is C23H20FN5OS. The largest absolute Gasteiger partial charge is 0.330 e. The third kappa shape index (κ3) is 3.74. The van der Waals surface area contributed by atoms with Gasteiger partial charge < -0.3 is 4.90 Å². The number of hydrogen-bond donors (Lipinski definition) is 0. The minimum atomic E-state index is -0.355. The van der Waals surface area contributed by atoms with E-state index < -0.39 is 0 Å². The minimum absolute atomic E-state index is 0.0158. The van der Waals surface area contributed by atoms with E-state index in [0.717, 1.165) is 26.8 Å². The molecule has 156 valence electrons. The van der Waals surface area contributed by atoms with Crippen molar-refractivity contribution in [3.8, 4) is 22.6 Å².